The lowest BCUT2D eigenvalue weighted by molar-refractivity contribution is -0.145. The van der Waals surface area contributed by atoms with Gasteiger partial charge in [0.2, 0.25) is 0 Å². The standard InChI is InChI=1S/C15H23NO4/c1-3-4-5-6-7-10-20-15(18)12(2)16-14(17)13-9-8-11-19-13/h8-9,11-12H,3-7,10H2,1-2H3,(H,16,17). The van der Waals surface area contributed by atoms with Gasteiger partial charge in [0.05, 0.1) is 12.9 Å². The van der Waals surface area contributed by atoms with Gasteiger partial charge < -0.3 is 14.5 Å². The van der Waals surface area contributed by atoms with Gasteiger partial charge in [-0.25, -0.2) is 4.79 Å². The fourth-order valence-corrected chi connectivity index (χ4v) is 1.74. The smallest absolute Gasteiger partial charge is 0.328 e. The van der Waals surface area contributed by atoms with E-state index in [0.717, 1.165) is 12.8 Å². The normalized spacial score (nSPS) is 11.9. The summed E-state index contributed by atoms with van der Waals surface area (Å²) in [5.41, 5.74) is 0. The molecule has 1 unspecified atom stereocenters. The van der Waals surface area contributed by atoms with Crippen LogP contribution in [0.3, 0.4) is 0 Å². The number of amides is 1. The summed E-state index contributed by atoms with van der Waals surface area (Å²) < 4.78 is 10.1. The van der Waals surface area contributed by atoms with Crippen molar-refractivity contribution in [2.45, 2.75) is 52.0 Å². The Labute approximate surface area is 119 Å². The molecule has 5 nitrogen and oxygen atoms in total. The lowest BCUT2D eigenvalue weighted by Gasteiger charge is -2.12. The van der Waals surface area contributed by atoms with E-state index in [-0.39, 0.29) is 5.76 Å². The van der Waals surface area contributed by atoms with E-state index in [1.807, 2.05) is 0 Å². The van der Waals surface area contributed by atoms with Crippen LogP contribution in [0.15, 0.2) is 22.8 Å². The molecule has 0 fully saturated rings. The van der Waals surface area contributed by atoms with Gasteiger partial charge in [-0.1, -0.05) is 32.6 Å². The molecule has 0 aliphatic heterocycles. The number of unbranched alkanes of at least 4 members (excludes halogenated alkanes) is 4. The predicted octanol–water partition coefficient (Wildman–Crippen LogP) is 2.91. The first-order chi connectivity index (χ1) is 9.65. The monoisotopic (exact) mass is 281 g/mol. The van der Waals surface area contributed by atoms with Crippen molar-refractivity contribution in [1.29, 1.82) is 0 Å². The fraction of sp³-hybridized carbons (Fsp3) is 0.600. The second kappa shape index (κ2) is 9.18. The number of hydrogen-bond donors (Lipinski definition) is 1. The van der Waals surface area contributed by atoms with E-state index in [1.54, 1.807) is 19.1 Å². The number of nitrogens with one attached hydrogen (secondary N) is 1. The van der Waals surface area contributed by atoms with Crippen LogP contribution in [0.1, 0.15) is 56.5 Å². The Kier molecular flexibility index (Phi) is 7.47. The lowest BCUT2D eigenvalue weighted by atomic mass is 10.2. The zero-order chi connectivity index (χ0) is 14.8. The summed E-state index contributed by atoms with van der Waals surface area (Å²) in [6.07, 6.45) is 6.91. The number of furan rings is 1. The molecule has 0 saturated carbocycles. The highest BCUT2D eigenvalue weighted by Gasteiger charge is 2.18. The van der Waals surface area contributed by atoms with Crippen molar-refractivity contribution in [2.75, 3.05) is 6.61 Å². The molecule has 0 aliphatic carbocycles. The molecule has 20 heavy (non-hydrogen) atoms. The largest absolute Gasteiger partial charge is 0.464 e. The first-order valence-corrected chi connectivity index (χ1v) is 7.16. The molecule has 1 aromatic rings. The molecule has 112 valence electrons. The average molecular weight is 281 g/mol. The van der Waals surface area contributed by atoms with Crippen molar-refractivity contribution in [2.24, 2.45) is 0 Å². The summed E-state index contributed by atoms with van der Waals surface area (Å²) >= 11 is 0. The zero-order valence-corrected chi connectivity index (χ0v) is 12.2. The molecule has 0 aromatic carbocycles. The molecule has 1 atom stereocenters. The third kappa shape index (κ3) is 5.91. The maximum atomic E-state index is 11.7. The van der Waals surface area contributed by atoms with Crippen LogP contribution in [0.4, 0.5) is 0 Å². The fourth-order valence-electron chi connectivity index (χ4n) is 1.74. The van der Waals surface area contributed by atoms with E-state index in [9.17, 15) is 9.59 Å². The Morgan fingerprint density at radius 1 is 1.30 bits per heavy atom. The maximum Gasteiger partial charge on any atom is 0.328 e. The molecule has 0 aliphatic rings. The third-order valence-corrected chi connectivity index (χ3v) is 2.94. The summed E-state index contributed by atoms with van der Waals surface area (Å²) in [6.45, 7) is 4.16. The van der Waals surface area contributed by atoms with Gasteiger partial charge in [-0.2, -0.15) is 0 Å². The van der Waals surface area contributed by atoms with Crippen LogP contribution in [0.25, 0.3) is 0 Å². The Balaban J connectivity index is 2.17. The second-order valence-corrected chi connectivity index (χ2v) is 4.75. The molecule has 5 heteroatoms. The van der Waals surface area contributed by atoms with Crippen molar-refractivity contribution in [3.63, 3.8) is 0 Å². The van der Waals surface area contributed by atoms with Gasteiger partial charge in [-0.3, -0.25) is 4.79 Å². The van der Waals surface area contributed by atoms with Crippen LogP contribution in [0.2, 0.25) is 0 Å². The Morgan fingerprint density at radius 2 is 2.05 bits per heavy atom. The first-order valence-electron chi connectivity index (χ1n) is 7.16. The van der Waals surface area contributed by atoms with Crippen molar-refractivity contribution in [3.05, 3.63) is 24.2 Å². The van der Waals surface area contributed by atoms with Gasteiger partial charge >= 0.3 is 5.97 Å². The van der Waals surface area contributed by atoms with E-state index in [1.165, 1.54) is 25.5 Å². The van der Waals surface area contributed by atoms with E-state index >= 15 is 0 Å². The van der Waals surface area contributed by atoms with Gasteiger partial charge in [-0.05, 0) is 25.5 Å². The average Bonchev–Trinajstić information content (AvgIpc) is 2.96. The summed E-state index contributed by atoms with van der Waals surface area (Å²) in [5.74, 6) is -0.646. The van der Waals surface area contributed by atoms with Crippen LogP contribution < -0.4 is 5.32 Å². The Bertz CT molecular complexity index is 400. The molecular weight excluding hydrogens is 258 g/mol. The highest BCUT2D eigenvalue weighted by molar-refractivity contribution is 5.94. The molecule has 1 rings (SSSR count). The van der Waals surface area contributed by atoms with Crippen LogP contribution in [-0.4, -0.2) is 24.5 Å². The van der Waals surface area contributed by atoms with Gasteiger partial charge in [0.15, 0.2) is 5.76 Å². The Hall–Kier alpha value is -1.78. The molecule has 1 N–H and O–H groups in total. The number of carbonyl (C=O) groups is 2. The first kappa shape index (κ1) is 16.3. The van der Waals surface area contributed by atoms with Crippen molar-refractivity contribution >= 4 is 11.9 Å². The summed E-state index contributed by atoms with van der Waals surface area (Å²) in [4.78, 5) is 23.3. The van der Waals surface area contributed by atoms with E-state index in [2.05, 4.69) is 12.2 Å². The van der Waals surface area contributed by atoms with Crippen LogP contribution >= 0.6 is 0 Å². The SMILES string of the molecule is CCCCCCCOC(=O)C(C)NC(=O)c1ccco1. The van der Waals surface area contributed by atoms with Crippen molar-refractivity contribution in [3.8, 4) is 0 Å². The highest BCUT2D eigenvalue weighted by Crippen LogP contribution is 2.04. The van der Waals surface area contributed by atoms with Gasteiger partial charge in [-0.15, -0.1) is 0 Å². The quantitative estimate of drug-likeness (QED) is 0.558. The second-order valence-electron chi connectivity index (χ2n) is 4.75. The molecule has 0 radical (unpaired) electrons. The number of hydrogen-bond acceptors (Lipinski definition) is 4. The van der Waals surface area contributed by atoms with E-state index in [4.69, 9.17) is 9.15 Å². The molecular formula is C15H23NO4. The predicted molar refractivity (Wildman–Crippen MR) is 75.4 cm³/mol. The number of ether oxygens (including phenoxy) is 1. The van der Waals surface area contributed by atoms with Crippen molar-refractivity contribution < 1.29 is 18.7 Å². The molecule has 0 bridgehead atoms. The van der Waals surface area contributed by atoms with Crippen LogP contribution in [0, 0.1) is 0 Å². The molecule has 1 heterocycles. The molecule has 1 amide bonds. The summed E-state index contributed by atoms with van der Waals surface area (Å²) in [5, 5.41) is 2.54. The van der Waals surface area contributed by atoms with Crippen LogP contribution in [-0.2, 0) is 9.53 Å². The van der Waals surface area contributed by atoms with Gasteiger partial charge in [0.25, 0.3) is 5.91 Å². The summed E-state index contributed by atoms with van der Waals surface area (Å²) in [7, 11) is 0. The van der Waals surface area contributed by atoms with E-state index < -0.39 is 17.9 Å². The van der Waals surface area contributed by atoms with Crippen molar-refractivity contribution in [1.82, 2.24) is 5.32 Å². The summed E-state index contributed by atoms with van der Waals surface area (Å²) in [6, 6.07) is 2.48. The molecule has 0 saturated heterocycles. The topological polar surface area (TPSA) is 68.5 Å². The highest BCUT2D eigenvalue weighted by atomic mass is 16.5. The van der Waals surface area contributed by atoms with Gasteiger partial charge in [0.1, 0.15) is 6.04 Å². The zero-order valence-electron chi connectivity index (χ0n) is 12.2. The number of rotatable bonds is 9. The minimum atomic E-state index is -0.678. The Morgan fingerprint density at radius 3 is 2.70 bits per heavy atom. The minimum absolute atomic E-state index is 0.184. The van der Waals surface area contributed by atoms with Crippen LogP contribution in [0.5, 0.6) is 0 Å². The third-order valence-electron chi connectivity index (χ3n) is 2.94. The lowest BCUT2D eigenvalue weighted by Crippen LogP contribution is -2.39. The minimum Gasteiger partial charge on any atom is -0.464 e. The van der Waals surface area contributed by atoms with E-state index in [0.29, 0.717) is 6.61 Å². The molecule has 0 spiro atoms. The van der Waals surface area contributed by atoms with Gasteiger partial charge in [0, 0.05) is 0 Å². The maximum absolute atomic E-state index is 11.7. The number of esters is 1. The molecule has 1 aromatic heterocycles. The number of carbonyl (C=O) groups excluding carboxylic acids is 2.